The van der Waals surface area contributed by atoms with Gasteiger partial charge in [-0.3, -0.25) is 10.1 Å². The summed E-state index contributed by atoms with van der Waals surface area (Å²) in [6.45, 7) is 15.1. The van der Waals surface area contributed by atoms with E-state index in [1.807, 2.05) is 13.8 Å². The average Bonchev–Trinajstić information content (AvgIpc) is 2.43. The Hall–Kier alpha value is -0.633. The van der Waals surface area contributed by atoms with Crippen molar-refractivity contribution in [3.63, 3.8) is 0 Å². The van der Waals surface area contributed by atoms with Gasteiger partial charge in [-0.15, -0.1) is 0 Å². The van der Waals surface area contributed by atoms with Gasteiger partial charge in [-0.05, 0) is 50.5 Å². The van der Waals surface area contributed by atoms with Crippen LogP contribution in [0.1, 0.15) is 52.7 Å². The number of pyridine rings is 1. The Balaban J connectivity index is 3.02. The summed E-state index contributed by atoms with van der Waals surface area (Å²) in [6, 6.07) is 3.07. The Labute approximate surface area is 149 Å². The zero-order valence-electron chi connectivity index (χ0n) is 15.9. The fourth-order valence-electron chi connectivity index (χ4n) is 2.08. The van der Waals surface area contributed by atoms with E-state index in [0.29, 0.717) is 13.0 Å². The van der Waals surface area contributed by atoms with E-state index < -0.39 is 24.1 Å². The molecule has 0 bridgehead atoms. The summed E-state index contributed by atoms with van der Waals surface area (Å²) in [4.78, 5) is 4.21. The van der Waals surface area contributed by atoms with Gasteiger partial charge in [0.15, 0.2) is 8.32 Å². The molecule has 0 saturated carbocycles. The molecule has 0 radical (unpaired) electrons. The molecular formula is C17H31FN2O2SSi. The Bertz CT molecular complexity index is 571. The van der Waals surface area contributed by atoms with Crippen LogP contribution < -0.4 is 5.14 Å². The molecule has 2 atom stereocenters. The first-order valence-corrected chi connectivity index (χ1v) is 12.3. The van der Waals surface area contributed by atoms with Crippen LogP contribution in [0, 0.1) is 5.82 Å². The lowest BCUT2D eigenvalue weighted by molar-refractivity contribution is 0.248. The molecule has 1 aromatic rings. The molecule has 2 N–H and O–H groups in total. The lowest BCUT2D eigenvalue weighted by atomic mass is 9.94. The third-order valence-corrected chi connectivity index (χ3v) is 10.7. The van der Waals surface area contributed by atoms with E-state index >= 15 is 0 Å². The summed E-state index contributed by atoms with van der Waals surface area (Å²) in [5.74, 6) is -0.452. The van der Waals surface area contributed by atoms with Crippen LogP contribution in [0.5, 0.6) is 0 Å². The fourth-order valence-corrected chi connectivity index (χ4v) is 3.49. The highest BCUT2D eigenvalue weighted by Gasteiger charge is 2.38. The maximum atomic E-state index is 13.2. The van der Waals surface area contributed by atoms with E-state index in [1.54, 1.807) is 6.07 Å². The largest absolute Gasteiger partial charge is 0.416 e. The topological polar surface area (TPSA) is 65.2 Å². The van der Waals surface area contributed by atoms with Crippen molar-refractivity contribution in [2.45, 2.75) is 69.8 Å². The molecule has 0 aliphatic carbocycles. The summed E-state index contributed by atoms with van der Waals surface area (Å²) in [6.07, 6.45) is 1.77. The Morgan fingerprint density at radius 3 is 2.29 bits per heavy atom. The van der Waals surface area contributed by atoms with Crippen molar-refractivity contribution in [2.24, 2.45) is 5.14 Å². The molecule has 0 spiro atoms. The molecule has 4 nitrogen and oxygen atoms in total. The Morgan fingerprint density at radius 1 is 1.29 bits per heavy atom. The molecule has 0 amide bonds. The second kappa shape index (κ2) is 7.72. The van der Waals surface area contributed by atoms with Crippen LogP contribution >= 0.6 is 0 Å². The van der Waals surface area contributed by atoms with Crippen LogP contribution in [0.25, 0.3) is 0 Å². The number of halogens is 1. The number of rotatable bonds is 7. The van der Waals surface area contributed by atoms with E-state index in [-0.39, 0.29) is 16.8 Å². The van der Waals surface area contributed by atoms with E-state index in [4.69, 9.17) is 9.56 Å². The molecule has 138 valence electrons. The van der Waals surface area contributed by atoms with Gasteiger partial charge in [0.05, 0.1) is 21.9 Å². The van der Waals surface area contributed by atoms with E-state index in [0.717, 1.165) is 5.69 Å². The van der Waals surface area contributed by atoms with E-state index in [9.17, 15) is 8.60 Å². The van der Waals surface area contributed by atoms with Crippen LogP contribution in [-0.2, 0) is 15.4 Å². The van der Waals surface area contributed by atoms with Crippen molar-refractivity contribution in [1.29, 1.82) is 0 Å². The predicted octanol–water partition coefficient (Wildman–Crippen LogP) is 4.12. The van der Waals surface area contributed by atoms with Crippen molar-refractivity contribution < 1.29 is 13.0 Å². The standard InChI is InChI=1S/C17H31FN2O2SSi/c1-16(2,3)24(6,7)22-12-13(10-17(4,5)23(19)21)15-9-8-14(18)11-20-15/h8-9,11,13H,10,12,19H2,1-7H3/t13-,23?/m0/s1. The highest BCUT2D eigenvalue weighted by molar-refractivity contribution is 7.84. The lowest BCUT2D eigenvalue weighted by Gasteiger charge is -2.38. The minimum absolute atomic E-state index is 0.0813. The highest BCUT2D eigenvalue weighted by Crippen LogP contribution is 2.38. The molecule has 0 aliphatic rings. The first-order chi connectivity index (χ1) is 10.8. The van der Waals surface area contributed by atoms with Crippen molar-refractivity contribution >= 4 is 19.3 Å². The van der Waals surface area contributed by atoms with E-state index in [2.05, 4.69) is 38.8 Å². The molecule has 0 fully saturated rings. The van der Waals surface area contributed by atoms with Gasteiger partial charge in [-0.1, -0.05) is 20.8 Å². The second-order valence-corrected chi connectivity index (χ2v) is 14.9. The predicted molar refractivity (Wildman–Crippen MR) is 101 cm³/mol. The molecule has 1 aromatic heterocycles. The SMILES string of the molecule is CC(C)(C[C@@H](CO[Si](C)(C)C(C)(C)C)c1ccc(F)cn1)S(N)=O. The quantitative estimate of drug-likeness (QED) is 0.730. The zero-order valence-corrected chi connectivity index (χ0v) is 17.7. The van der Waals surface area contributed by atoms with Crippen LogP contribution in [0.3, 0.4) is 0 Å². The maximum Gasteiger partial charge on any atom is 0.192 e. The van der Waals surface area contributed by atoms with Gasteiger partial charge in [0.2, 0.25) is 0 Å². The second-order valence-electron chi connectivity index (χ2n) is 8.43. The number of hydrogen-bond donors (Lipinski definition) is 1. The molecule has 1 rings (SSSR count). The molecule has 1 unspecified atom stereocenters. The van der Waals surface area contributed by atoms with Crippen LogP contribution in [-0.4, -0.2) is 28.9 Å². The minimum Gasteiger partial charge on any atom is -0.416 e. The molecule has 7 heteroatoms. The fraction of sp³-hybridized carbons (Fsp3) is 0.706. The first-order valence-electron chi connectivity index (χ1n) is 8.18. The monoisotopic (exact) mass is 374 g/mol. The molecule has 0 aromatic carbocycles. The van der Waals surface area contributed by atoms with Crippen LogP contribution in [0.15, 0.2) is 18.3 Å². The summed E-state index contributed by atoms with van der Waals surface area (Å²) < 4.78 is 30.8. The Kier molecular flexibility index (Phi) is 6.89. The number of nitrogens with two attached hydrogens (primary N) is 1. The third kappa shape index (κ3) is 5.72. The van der Waals surface area contributed by atoms with Crippen molar-refractivity contribution in [2.75, 3.05) is 6.61 Å². The zero-order chi connectivity index (χ0) is 18.8. The van der Waals surface area contributed by atoms with Crippen LogP contribution in [0.4, 0.5) is 4.39 Å². The molecule has 24 heavy (non-hydrogen) atoms. The van der Waals surface area contributed by atoms with Gasteiger partial charge in [0.1, 0.15) is 5.82 Å². The highest BCUT2D eigenvalue weighted by atomic mass is 32.2. The van der Waals surface area contributed by atoms with Gasteiger partial charge in [0, 0.05) is 18.2 Å². The smallest absolute Gasteiger partial charge is 0.192 e. The summed E-state index contributed by atoms with van der Waals surface area (Å²) in [7, 11) is -3.39. The van der Waals surface area contributed by atoms with Crippen molar-refractivity contribution in [3.8, 4) is 0 Å². The summed E-state index contributed by atoms with van der Waals surface area (Å²) in [5.41, 5.74) is 0.744. The van der Waals surface area contributed by atoms with Crippen LogP contribution in [0.2, 0.25) is 18.1 Å². The number of nitrogens with zero attached hydrogens (tertiary/aromatic N) is 1. The van der Waals surface area contributed by atoms with Gasteiger partial charge < -0.3 is 4.43 Å². The average molecular weight is 375 g/mol. The molecular weight excluding hydrogens is 343 g/mol. The van der Waals surface area contributed by atoms with Crippen molar-refractivity contribution in [3.05, 3.63) is 29.8 Å². The lowest BCUT2D eigenvalue weighted by Crippen LogP contribution is -2.42. The minimum atomic E-state index is -1.92. The summed E-state index contributed by atoms with van der Waals surface area (Å²) in [5, 5.41) is 5.73. The van der Waals surface area contributed by atoms with Gasteiger partial charge in [0.25, 0.3) is 0 Å². The molecule has 0 saturated heterocycles. The van der Waals surface area contributed by atoms with Crippen molar-refractivity contribution in [1.82, 2.24) is 4.98 Å². The van der Waals surface area contributed by atoms with Gasteiger partial charge >= 0.3 is 0 Å². The normalized spacial score (nSPS) is 16.0. The number of hydrogen-bond acceptors (Lipinski definition) is 3. The van der Waals surface area contributed by atoms with E-state index in [1.165, 1.54) is 12.3 Å². The number of aromatic nitrogens is 1. The molecule has 1 heterocycles. The van der Waals surface area contributed by atoms with Gasteiger partial charge in [-0.25, -0.2) is 8.60 Å². The van der Waals surface area contributed by atoms with Gasteiger partial charge in [-0.2, -0.15) is 0 Å². The summed E-state index contributed by atoms with van der Waals surface area (Å²) >= 11 is 0. The third-order valence-electron chi connectivity index (χ3n) is 4.90. The Morgan fingerprint density at radius 2 is 1.88 bits per heavy atom. The molecule has 0 aliphatic heterocycles. The maximum absolute atomic E-state index is 13.2. The first kappa shape index (κ1) is 21.4.